The number of carbonyl (C=O) groups is 1. The summed E-state index contributed by atoms with van der Waals surface area (Å²) in [4.78, 5) is 12.0. The van der Waals surface area contributed by atoms with Crippen LogP contribution in [0.5, 0.6) is 0 Å². The van der Waals surface area contributed by atoms with Gasteiger partial charge < -0.3 is 10.4 Å². The number of aliphatic hydroxyl groups is 1. The van der Waals surface area contributed by atoms with Gasteiger partial charge in [0.25, 0.3) is 0 Å². The highest BCUT2D eigenvalue weighted by Gasteiger charge is 2.27. The molecule has 3 rings (SSSR count). The van der Waals surface area contributed by atoms with Crippen molar-refractivity contribution in [1.29, 1.82) is 0 Å². The smallest absolute Gasteiger partial charge is 0.242 e. The lowest BCUT2D eigenvalue weighted by atomic mass is 10.1. The molecule has 24 heavy (non-hydrogen) atoms. The summed E-state index contributed by atoms with van der Waals surface area (Å²) in [6.45, 7) is -0.747. The standard InChI is InChI=1S/C15H15F3N4O2/c16-10-3-9(4-11(17)15(10)18)13(7-23)19-14(24)6-22-5-12(20-21-22)8-1-2-8/h3-5,8,13,23H,1-2,6-7H2,(H,19,24). The minimum absolute atomic E-state index is 0.0699. The second-order valence-corrected chi connectivity index (χ2v) is 5.72. The zero-order valence-electron chi connectivity index (χ0n) is 12.5. The summed E-state index contributed by atoms with van der Waals surface area (Å²) >= 11 is 0. The van der Waals surface area contributed by atoms with Crippen LogP contribution >= 0.6 is 0 Å². The largest absolute Gasteiger partial charge is 0.394 e. The lowest BCUT2D eigenvalue weighted by molar-refractivity contribution is -0.123. The number of nitrogens with one attached hydrogen (secondary N) is 1. The third kappa shape index (κ3) is 3.56. The number of hydrogen-bond donors (Lipinski definition) is 2. The third-order valence-corrected chi connectivity index (χ3v) is 3.78. The first kappa shape index (κ1) is 16.4. The maximum Gasteiger partial charge on any atom is 0.242 e. The highest BCUT2D eigenvalue weighted by Crippen LogP contribution is 2.38. The molecule has 0 aliphatic heterocycles. The Kier molecular flexibility index (Phi) is 4.52. The molecule has 1 fully saturated rings. The number of benzene rings is 1. The molecule has 1 atom stereocenters. The van der Waals surface area contributed by atoms with E-state index in [1.807, 2.05) is 0 Å². The van der Waals surface area contributed by atoms with Gasteiger partial charge >= 0.3 is 0 Å². The van der Waals surface area contributed by atoms with Gasteiger partial charge in [0.1, 0.15) is 6.54 Å². The maximum absolute atomic E-state index is 13.3. The van der Waals surface area contributed by atoms with Crippen molar-refractivity contribution in [3.8, 4) is 0 Å². The molecular weight excluding hydrogens is 325 g/mol. The van der Waals surface area contributed by atoms with Crippen LogP contribution in [0.1, 0.15) is 36.1 Å². The summed E-state index contributed by atoms with van der Waals surface area (Å²) in [5.41, 5.74) is 0.753. The van der Waals surface area contributed by atoms with Crippen molar-refractivity contribution in [3.05, 3.63) is 47.0 Å². The summed E-state index contributed by atoms with van der Waals surface area (Å²) < 4.78 is 40.9. The van der Waals surface area contributed by atoms with Gasteiger partial charge in [-0.05, 0) is 30.5 Å². The van der Waals surface area contributed by atoms with E-state index in [0.29, 0.717) is 5.92 Å². The van der Waals surface area contributed by atoms with E-state index in [1.54, 1.807) is 6.20 Å². The molecule has 1 aromatic carbocycles. The van der Waals surface area contributed by atoms with E-state index in [-0.39, 0.29) is 12.1 Å². The molecule has 1 unspecified atom stereocenters. The van der Waals surface area contributed by atoms with E-state index in [0.717, 1.165) is 30.7 Å². The van der Waals surface area contributed by atoms with E-state index in [9.17, 15) is 23.1 Å². The first-order valence-corrected chi connectivity index (χ1v) is 7.42. The van der Waals surface area contributed by atoms with Gasteiger partial charge in [-0.25, -0.2) is 17.9 Å². The molecular formula is C15H15F3N4O2. The van der Waals surface area contributed by atoms with Gasteiger partial charge in [-0.1, -0.05) is 5.21 Å². The van der Waals surface area contributed by atoms with Gasteiger partial charge in [0, 0.05) is 12.1 Å². The normalized spacial score (nSPS) is 15.3. The van der Waals surface area contributed by atoms with Crippen LogP contribution in [0.2, 0.25) is 0 Å². The van der Waals surface area contributed by atoms with Gasteiger partial charge in [0.05, 0.1) is 18.3 Å². The second kappa shape index (κ2) is 6.60. The van der Waals surface area contributed by atoms with Crippen molar-refractivity contribution >= 4 is 5.91 Å². The van der Waals surface area contributed by atoms with Crippen molar-refractivity contribution in [2.24, 2.45) is 0 Å². The number of carbonyl (C=O) groups excluding carboxylic acids is 1. The van der Waals surface area contributed by atoms with Crippen LogP contribution in [-0.2, 0) is 11.3 Å². The van der Waals surface area contributed by atoms with Gasteiger partial charge in [-0.2, -0.15) is 0 Å². The quantitative estimate of drug-likeness (QED) is 0.780. The van der Waals surface area contributed by atoms with E-state index in [4.69, 9.17) is 0 Å². The Morgan fingerprint density at radius 1 is 1.33 bits per heavy atom. The topological polar surface area (TPSA) is 80.0 Å². The number of hydrogen-bond acceptors (Lipinski definition) is 4. The Morgan fingerprint density at radius 2 is 2.00 bits per heavy atom. The van der Waals surface area contributed by atoms with Crippen molar-refractivity contribution in [2.45, 2.75) is 31.3 Å². The highest BCUT2D eigenvalue weighted by molar-refractivity contribution is 5.76. The average Bonchev–Trinajstić information content (AvgIpc) is 3.30. The van der Waals surface area contributed by atoms with Crippen molar-refractivity contribution in [3.63, 3.8) is 0 Å². The SMILES string of the molecule is O=C(Cn1cc(C2CC2)nn1)NC(CO)c1cc(F)c(F)c(F)c1. The molecule has 0 radical (unpaired) electrons. The zero-order valence-corrected chi connectivity index (χ0v) is 12.5. The van der Waals surface area contributed by atoms with Crippen LogP contribution in [0.4, 0.5) is 13.2 Å². The van der Waals surface area contributed by atoms with Crippen LogP contribution < -0.4 is 5.32 Å². The molecule has 0 saturated heterocycles. The van der Waals surface area contributed by atoms with Crippen LogP contribution in [0.3, 0.4) is 0 Å². The monoisotopic (exact) mass is 340 g/mol. The summed E-state index contributed by atoms with van der Waals surface area (Å²) in [5.74, 6) is -4.49. The van der Waals surface area contributed by atoms with Crippen LogP contribution in [-0.4, -0.2) is 32.6 Å². The minimum atomic E-state index is -1.60. The molecule has 0 spiro atoms. The molecule has 2 aromatic rings. The number of aliphatic hydroxyl groups excluding tert-OH is 1. The Labute approximate surface area is 135 Å². The molecule has 1 aliphatic carbocycles. The molecule has 6 nitrogen and oxygen atoms in total. The Balaban J connectivity index is 1.66. The summed E-state index contributed by atoms with van der Waals surface area (Å²) in [5, 5.41) is 19.6. The average molecular weight is 340 g/mol. The minimum Gasteiger partial charge on any atom is -0.394 e. The molecule has 1 saturated carbocycles. The van der Waals surface area contributed by atoms with E-state index in [1.165, 1.54) is 4.68 Å². The molecule has 1 heterocycles. The van der Waals surface area contributed by atoms with Crippen LogP contribution in [0.25, 0.3) is 0 Å². The van der Waals surface area contributed by atoms with E-state index < -0.39 is 36.0 Å². The fraction of sp³-hybridized carbons (Fsp3) is 0.400. The van der Waals surface area contributed by atoms with Gasteiger partial charge in [0.2, 0.25) is 5.91 Å². The first-order valence-electron chi connectivity index (χ1n) is 7.42. The highest BCUT2D eigenvalue weighted by atomic mass is 19.2. The summed E-state index contributed by atoms with van der Waals surface area (Å²) in [6.07, 6.45) is 3.78. The molecule has 2 N–H and O–H groups in total. The van der Waals surface area contributed by atoms with E-state index in [2.05, 4.69) is 15.6 Å². The molecule has 1 aromatic heterocycles. The van der Waals surface area contributed by atoms with Crippen LogP contribution in [0.15, 0.2) is 18.3 Å². The Hall–Kier alpha value is -2.42. The molecule has 9 heteroatoms. The van der Waals surface area contributed by atoms with Gasteiger partial charge in [-0.3, -0.25) is 4.79 Å². The fourth-order valence-electron chi connectivity index (χ4n) is 2.35. The van der Waals surface area contributed by atoms with Gasteiger partial charge in [0.15, 0.2) is 17.5 Å². The summed E-state index contributed by atoms with van der Waals surface area (Å²) in [6, 6.07) is 0.411. The first-order chi connectivity index (χ1) is 11.5. The predicted octanol–water partition coefficient (Wildman–Crippen LogP) is 1.42. The zero-order chi connectivity index (χ0) is 17.3. The van der Waals surface area contributed by atoms with Crippen molar-refractivity contribution < 1.29 is 23.1 Å². The molecule has 128 valence electrons. The molecule has 1 amide bonds. The Morgan fingerprint density at radius 3 is 2.58 bits per heavy atom. The number of amides is 1. The van der Waals surface area contributed by atoms with Crippen molar-refractivity contribution in [1.82, 2.24) is 20.3 Å². The fourth-order valence-corrected chi connectivity index (χ4v) is 2.35. The van der Waals surface area contributed by atoms with Crippen LogP contribution in [0, 0.1) is 17.5 Å². The second-order valence-electron chi connectivity index (χ2n) is 5.72. The predicted molar refractivity (Wildman–Crippen MR) is 76.3 cm³/mol. The molecule has 0 bridgehead atoms. The van der Waals surface area contributed by atoms with Crippen molar-refractivity contribution in [2.75, 3.05) is 6.61 Å². The number of rotatable bonds is 6. The third-order valence-electron chi connectivity index (χ3n) is 3.78. The Bertz CT molecular complexity index is 738. The summed E-state index contributed by atoms with van der Waals surface area (Å²) in [7, 11) is 0. The maximum atomic E-state index is 13.3. The number of aromatic nitrogens is 3. The van der Waals surface area contributed by atoms with Gasteiger partial charge in [-0.15, -0.1) is 5.10 Å². The molecule has 1 aliphatic rings. The lowest BCUT2D eigenvalue weighted by Crippen LogP contribution is -2.33. The van der Waals surface area contributed by atoms with E-state index >= 15 is 0 Å². The number of nitrogens with zero attached hydrogens (tertiary/aromatic N) is 3. The number of halogens is 3. The lowest BCUT2D eigenvalue weighted by Gasteiger charge is -2.17.